The molecule has 0 N–H and O–H groups in total. The topological polar surface area (TPSA) is 30.9 Å². The number of ether oxygens (including phenoxy) is 3. The molecule has 1 aliphatic rings. The fourth-order valence-electron chi connectivity index (χ4n) is 2.78. The molecule has 0 radical (unpaired) electrons. The van der Waals surface area contributed by atoms with Crippen LogP contribution in [-0.4, -0.2) is 39.5 Å². The smallest absolute Gasteiger partial charge is 0.143 e. The molecular formula is C20H24BrNO3. The van der Waals surface area contributed by atoms with Gasteiger partial charge in [-0.05, 0) is 23.8 Å². The molecule has 0 unspecified atom stereocenters. The van der Waals surface area contributed by atoms with Gasteiger partial charge in [-0.2, -0.15) is 0 Å². The molecule has 25 heavy (non-hydrogen) atoms. The van der Waals surface area contributed by atoms with Crippen LogP contribution in [0.25, 0.3) is 0 Å². The van der Waals surface area contributed by atoms with Gasteiger partial charge >= 0.3 is 0 Å². The van der Waals surface area contributed by atoms with Crippen molar-refractivity contribution in [3.8, 4) is 5.75 Å². The zero-order valence-corrected chi connectivity index (χ0v) is 15.9. The molecule has 4 nitrogen and oxygen atoms in total. The van der Waals surface area contributed by atoms with E-state index in [1.54, 1.807) is 0 Å². The molecule has 0 aromatic heterocycles. The van der Waals surface area contributed by atoms with Gasteiger partial charge in [0.1, 0.15) is 5.75 Å². The number of rotatable bonds is 8. The number of halogens is 1. The average molecular weight is 406 g/mol. The van der Waals surface area contributed by atoms with E-state index in [4.69, 9.17) is 14.2 Å². The summed E-state index contributed by atoms with van der Waals surface area (Å²) in [5, 5.41) is 0. The van der Waals surface area contributed by atoms with Crippen LogP contribution in [0.2, 0.25) is 0 Å². The lowest BCUT2D eigenvalue weighted by molar-refractivity contribution is 0.107. The summed E-state index contributed by atoms with van der Waals surface area (Å²) in [6, 6.07) is 16.4. The Morgan fingerprint density at radius 1 is 1.00 bits per heavy atom. The lowest BCUT2D eigenvalue weighted by atomic mass is 10.2. The molecule has 3 rings (SSSR count). The van der Waals surface area contributed by atoms with E-state index in [0.29, 0.717) is 19.8 Å². The first-order valence-corrected chi connectivity index (χ1v) is 9.49. The fraction of sp³-hybridized carbons (Fsp3) is 0.400. The third kappa shape index (κ3) is 5.73. The molecule has 0 spiro atoms. The normalized spacial score (nSPS) is 14.5. The van der Waals surface area contributed by atoms with Crippen LogP contribution in [0.1, 0.15) is 12.0 Å². The Morgan fingerprint density at radius 2 is 1.80 bits per heavy atom. The molecule has 2 aromatic rings. The Hall–Kier alpha value is -1.56. The van der Waals surface area contributed by atoms with Gasteiger partial charge in [0, 0.05) is 24.0 Å². The third-order valence-corrected chi connectivity index (χ3v) is 4.57. The Morgan fingerprint density at radius 3 is 2.60 bits per heavy atom. The van der Waals surface area contributed by atoms with Gasteiger partial charge in [0.2, 0.25) is 0 Å². The number of morpholine rings is 1. The standard InChI is InChI=1S/C20H24BrNO3/c21-18-7-8-19(22-9-13-23-14-10-22)20(15-18)25-12-4-11-24-16-17-5-2-1-3-6-17/h1-3,5-8,15H,4,9-14,16H2. The van der Waals surface area contributed by atoms with E-state index in [1.165, 1.54) is 5.56 Å². The highest BCUT2D eigenvalue weighted by atomic mass is 79.9. The van der Waals surface area contributed by atoms with Crippen molar-refractivity contribution < 1.29 is 14.2 Å². The van der Waals surface area contributed by atoms with Crippen LogP contribution in [0.4, 0.5) is 5.69 Å². The highest BCUT2D eigenvalue weighted by molar-refractivity contribution is 9.10. The lowest BCUT2D eigenvalue weighted by Crippen LogP contribution is -2.36. The van der Waals surface area contributed by atoms with Gasteiger partial charge in [0.05, 0.1) is 38.7 Å². The van der Waals surface area contributed by atoms with Crippen molar-refractivity contribution in [1.29, 1.82) is 0 Å². The second-order valence-corrected chi connectivity index (χ2v) is 6.87. The first kappa shape index (κ1) is 18.2. The quantitative estimate of drug-likeness (QED) is 0.613. The molecule has 2 aromatic carbocycles. The molecule has 0 saturated carbocycles. The monoisotopic (exact) mass is 405 g/mol. The fourth-order valence-corrected chi connectivity index (χ4v) is 3.12. The number of anilines is 1. The van der Waals surface area contributed by atoms with E-state index in [-0.39, 0.29) is 0 Å². The van der Waals surface area contributed by atoms with Gasteiger partial charge in [-0.3, -0.25) is 0 Å². The SMILES string of the molecule is Brc1ccc(N2CCOCC2)c(OCCCOCc2ccccc2)c1. The molecule has 1 aliphatic heterocycles. The summed E-state index contributed by atoms with van der Waals surface area (Å²) in [5.74, 6) is 0.916. The number of hydrogen-bond donors (Lipinski definition) is 0. The predicted octanol–water partition coefficient (Wildman–Crippen LogP) is 4.27. The molecular weight excluding hydrogens is 382 g/mol. The largest absolute Gasteiger partial charge is 0.491 e. The minimum atomic E-state index is 0.641. The first-order chi connectivity index (χ1) is 12.3. The van der Waals surface area contributed by atoms with Crippen LogP contribution in [0.3, 0.4) is 0 Å². The molecule has 5 heteroatoms. The second-order valence-electron chi connectivity index (χ2n) is 5.95. The van der Waals surface area contributed by atoms with Crippen molar-refractivity contribution in [3.05, 3.63) is 58.6 Å². The second kappa shape index (κ2) is 9.80. The van der Waals surface area contributed by atoms with Gasteiger partial charge in [-0.25, -0.2) is 0 Å². The van der Waals surface area contributed by atoms with Crippen LogP contribution < -0.4 is 9.64 Å². The maximum absolute atomic E-state index is 6.03. The maximum atomic E-state index is 6.03. The van der Waals surface area contributed by atoms with Crippen molar-refractivity contribution in [3.63, 3.8) is 0 Å². The van der Waals surface area contributed by atoms with Gasteiger partial charge in [0.25, 0.3) is 0 Å². The molecule has 1 heterocycles. The van der Waals surface area contributed by atoms with Crippen molar-refractivity contribution in [1.82, 2.24) is 0 Å². The van der Waals surface area contributed by atoms with E-state index in [2.05, 4.69) is 45.1 Å². The summed E-state index contributed by atoms with van der Waals surface area (Å²) < 4.78 is 18.2. The molecule has 0 atom stereocenters. The predicted molar refractivity (Wildman–Crippen MR) is 103 cm³/mol. The van der Waals surface area contributed by atoms with E-state index in [9.17, 15) is 0 Å². The van der Waals surface area contributed by atoms with Crippen LogP contribution in [0, 0.1) is 0 Å². The van der Waals surface area contributed by atoms with E-state index in [1.807, 2.05) is 24.3 Å². The van der Waals surface area contributed by atoms with Gasteiger partial charge in [-0.1, -0.05) is 46.3 Å². The summed E-state index contributed by atoms with van der Waals surface area (Å²) in [6.45, 7) is 5.32. The molecule has 0 aliphatic carbocycles. The molecule has 0 amide bonds. The van der Waals surface area contributed by atoms with E-state index in [0.717, 1.165) is 48.6 Å². The number of nitrogens with zero attached hydrogens (tertiary/aromatic N) is 1. The van der Waals surface area contributed by atoms with Gasteiger partial charge < -0.3 is 19.1 Å². The molecule has 134 valence electrons. The van der Waals surface area contributed by atoms with Crippen LogP contribution in [-0.2, 0) is 16.1 Å². The van der Waals surface area contributed by atoms with Crippen molar-refractivity contribution in [2.75, 3.05) is 44.4 Å². The molecule has 1 saturated heterocycles. The number of benzene rings is 2. The molecule has 0 bridgehead atoms. The zero-order valence-electron chi connectivity index (χ0n) is 14.3. The zero-order chi connectivity index (χ0) is 17.3. The Labute approximate surface area is 157 Å². The van der Waals surface area contributed by atoms with Crippen LogP contribution in [0.5, 0.6) is 5.75 Å². The van der Waals surface area contributed by atoms with Crippen molar-refractivity contribution >= 4 is 21.6 Å². The summed E-state index contributed by atoms with van der Waals surface area (Å²) in [4.78, 5) is 2.32. The summed E-state index contributed by atoms with van der Waals surface area (Å²) >= 11 is 3.53. The van der Waals surface area contributed by atoms with Crippen molar-refractivity contribution in [2.45, 2.75) is 13.0 Å². The Kier molecular flexibility index (Phi) is 7.15. The maximum Gasteiger partial charge on any atom is 0.143 e. The third-order valence-electron chi connectivity index (χ3n) is 4.08. The van der Waals surface area contributed by atoms with Crippen LogP contribution in [0.15, 0.2) is 53.0 Å². The minimum absolute atomic E-state index is 0.641. The Balaban J connectivity index is 1.45. The number of hydrogen-bond acceptors (Lipinski definition) is 4. The highest BCUT2D eigenvalue weighted by Crippen LogP contribution is 2.32. The van der Waals surface area contributed by atoms with Crippen LogP contribution >= 0.6 is 15.9 Å². The Bertz CT molecular complexity index is 645. The summed E-state index contributed by atoms with van der Waals surface area (Å²) in [7, 11) is 0. The minimum Gasteiger partial charge on any atom is -0.491 e. The lowest BCUT2D eigenvalue weighted by Gasteiger charge is -2.30. The molecule has 1 fully saturated rings. The van der Waals surface area contributed by atoms with Crippen molar-refractivity contribution in [2.24, 2.45) is 0 Å². The summed E-state index contributed by atoms with van der Waals surface area (Å²) in [5.41, 5.74) is 2.33. The van der Waals surface area contributed by atoms with Gasteiger partial charge in [-0.15, -0.1) is 0 Å². The summed E-state index contributed by atoms with van der Waals surface area (Å²) in [6.07, 6.45) is 0.863. The van der Waals surface area contributed by atoms with Gasteiger partial charge in [0.15, 0.2) is 0 Å². The highest BCUT2D eigenvalue weighted by Gasteiger charge is 2.15. The van der Waals surface area contributed by atoms with E-state index >= 15 is 0 Å². The first-order valence-electron chi connectivity index (χ1n) is 8.69. The average Bonchev–Trinajstić information content (AvgIpc) is 2.66. The van der Waals surface area contributed by atoms with E-state index < -0.39 is 0 Å².